The Morgan fingerprint density at radius 3 is 2.76 bits per heavy atom. The highest BCUT2D eigenvalue weighted by Gasteiger charge is 2.13. The number of hydrogen-bond acceptors (Lipinski definition) is 4. The molecular formula is C11H11ClO4S. The predicted octanol–water partition coefficient (Wildman–Crippen LogP) is 2.69. The zero-order valence-electron chi connectivity index (χ0n) is 9.10. The molecule has 6 heteroatoms. The van der Waals surface area contributed by atoms with Crippen molar-refractivity contribution in [3.8, 4) is 0 Å². The van der Waals surface area contributed by atoms with Gasteiger partial charge in [0.2, 0.25) is 0 Å². The summed E-state index contributed by atoms with van der Waals surface area (Å²) in [4.78, 5) is 22.6. The Morgan fingerprint density at radius 1 is 1.47 bits per heavy atom. The molecule has 0 fully saturated rings. The van der Waals surface area contributed by atoms with Crippen LogP contribution >= 0.6 is 23.4 Å². The third-order valence-corrected chi connectivity index (χ3v) is 3.11. The number of benzene rings is 1. The highest BCUT2D eigenvalue weighted by Crippen LogP contribution is 2.25. The molecule has 0 aliphatic heterocycles. The van der Waals surface area contributed by atoms with Crippen LogP contribution in [0.5, 0.6) is 0 Å². The van der Waals surface area contributed by atoms with E-state index in [-0.39, 0.29) is 17.3 Å². The van der Waals surface area contributed by atoms with Gasteiger partial charge < -0.3 is 9.84 Å². The number of esters is 1. The first-order chi connectivity index (χ1) is 8.04. The van der Waals surface area contributed by atoms with Crippen LogP contribution in [0.4, 0.5) is 0 Å². The van der Waals surface area contributed by atoms with Gasteiger partial charge in [0.1, 0.15) is 0 Å². The fourth-order valence-corrected chi connectivity index (χ4v) is 2.13. The molecule has 1 aromatic rings. The quantitative estimate of drug-likeness (QED) is 0.661. The molecule has 1 aromatic carbocycles. The lowest BCUT2D eigenvalue weighted by Crippen LogP contribution is -2.07. The second-order valence-electron chi connectivity index (χ2n) is 3.04. The second kappa shape index (κ2) is 6.51. The molecule has 0 heterocycles. The molecule has 0 saturated heterocycles. The van der Waals surface area contributed by atoms with E-state index in [1.54, 1.807) is 19.1 Å². The smallest absolute Gasteiger partial charge is 0.336 e. The maximum absolute atomic E-state index is 11.1. The molecule has 0 aliphatic carbocycles. The molecule has 0 amide bonds. The number of thioether (sulfide) groups is 1. The first-order valence-corrected chi connectivity index (χ1v) is 6.22. The van der Waals surface area contributed by atoms with Gasteiger partial charge in [-0.3, -0.25) is 4.79 Å². The maximum Gasteiger partial charge on any atom is 0.336 e. The summed E-state index contributed by atoms with van der Waals surface area (Å²) in [5.74, 6) is -1.36. The number of ether oxygens (including phenoxy) is 1. The first kappa shape index (κ1) is 13.9. The lowest BCUT2D eigenvalue weighted by molar-refractivity contribution is -0.139. The Balaban J connectivity index is 2.77. The minimum atomic E-state index is -1.07. The minimum Gasteiger partial charge on any atom is -0.478 e. The molecule has 0 radical (unpaired) electrons. The van der Waals surface area contributed by atoms with Crippen molar-refractivity contribution in [2.24, 2.45) is 0 Å². The van der Waals surface area contributed by atoms with Crippen LogP contribution in [-0.4, -0.2) is 29.4 Å². The summed E-state index contributed by atoms with van der Waals surface area (Å²) in [6.07, 6.45) is 0. The largest absolute Gasteiger partial charge is 0.478 e. The van der Waals surface area contributed by atoms with Crippen LogP contribution in [0.1, 0.15) is 17.3 Å². The fourth-order valence-electron chi connectivity index (χ4n) is 1.13. The maximum atomic E-state index is 11.1. The fraction of sp³-hybridized carbons (Fsp3) is 0.273. The summed E-state index contributed by atoms with van der Waals surface area (Å²) < 4.78 is 4.75. The Bertz CT molecular complexity index is 433. The second-order valence-corrected chi connectivity index (χ2v) is 4.49. The lowest BCUT2D eigenvalue weighted by atomic mass is 10.2. The number of carbonyl (C=O) groups is 2. The molecule has 92 valence electrons. The highest BCUT2D eigenvalue weighted by atomic mass is 35.5. The number of aromatic carboxylic acids is 1. The van der Waals surface area contributed by atoms with Crippen molar-refractivity contribution < 1.29 is 19.4 Å². The lowest BCUT2D eigenvalue weighted by Gasteiger charge is -2.06. The monoisotopic (exact) mass is 274 g/mol. The van der Waals surface area contributed by atoms with Crippen LogP contribution in [-0.2, 0) is 9.53 Å². The molecule has 0 unspecified atom stereocenters. The number of carbonyl (C=O) groups excluding carboxylic acids is 1. The van der Waals surface area contributed by atoms with E-state index >= 15 is 0 Å². The van der Waals surface area contributed by atoms with E-state index in [9.17, 15) is 9.59 Å². The van der Waals surface area contributed by atoms with Crippen LogP contribution in [0.3, 0.4) is 0 Å². The van der Waals surface area contributed by atoms with Crippen molar-refractivity contribution in [2.45, 2.75) is 11.8 Å². The standard InChI is InChI=1S/C11H11ClO4S/c1-2-16-10(13)6-17-9-4-3-7(12)5-8(9)11(14)15/h3-5H,2,6H2,1H3,(H,14,15). The molecule has 0 atom stereocenters. The van der Waals surface area contributed by atoms with Crippen molar-refractivity contribution in [3.63, 3.8) is 0 Å². The highest BCUT2D eigenvalue weighted by molar-refractivity contribution is 8.00. The summed E-state index contributed by atoms with van der Waals surface area (Å²) in [6.45, 7) is 2.03. The summed E-state index contributed by atoms with van der Waals surface area (Å²) in [5, 5.41) is 9.32. The molecular weight excluding hydrogens is 264 g/mol. The van der Waals surface area contributed by atoms with Crippen LogP contribution in [0.25, 0.3) is 0 Å². The van der Waals surface area contributed by atoms with Gasteiger partial charge in [0.05, 0.1) is 17.9 Å². The van der Waals surface area contributed by atoms with Crippen LogP contribution in [0, 0.1) is 0 Å². The minimum absolute atomic E-state index is 0.0791. The van der Waals surface area contributed by atoms with Gasteiger partial charge in [0.25, 0.3) is 0 Å². The molecule has 17 heavy (non-hydrogen) atoms. The van der Waals surface area contributed by atoms with E-state index in [1.165, 1.54) is 6.07 Å². The molecule has 1 N–H and O–H groups in total. The predicted molar refractivity (Wildman–Crippen MR) is 65.8 cm³/mol. The average molecular weight is 275 g/mol. The Kier molecular flexibility index (Phi) is 5.31. The van der Waals surface area contributed by atoms with Crippen LogP contribution < -0.4 is 0 Å². The summed E-state index contributed by atoms with van der Waals surface area (Å²) >= 11 is 6.83. The number of carboxylic acid groups (broad SMARTS) is 1. The molecule has 0 saturated carbocycles. The number of halogens is 1. The molecule has 1 rings (SSSR count). The van der Waals surface area contributed by atoms with E-state index in [4.69, 9.17) is 21.4 Å². The Labute approximate surface area is 108 Å². The molecule has 0 spiro atoms. The average Bonchev–Trinajstić information content (AvgIpc) is 2.27. The van der Waals surface area contributed by atoms with E-state index in [0.29, 0.717) is 16.5 Å². The Morgan fingerprint density at radius 2 is 2.18 bits per heavy atom. The van der Waals surface area contributed by atoms with Crippen molar-refractivity contribution >= 4 is 35.3 Å². The number of carboxylic acids is 1. The van der Waals surface area contributed by atoms with E-state index in [2.05, 4.69) is 0 Å². The van der Waals surface area contributed by atoms with Crippen molar-refractivity contribution in [2.75, 3.05) is 12.4 Å². The van der Waals surface area contributed by atoms with Gasteiger partial charge in [0.15, 0.2) is 0 Å². The van der Waals surface area contributed by atoms with Gasteiger partial charge >= 0.3 is 11.9 Å². The van der Waals surface area contributed by atoms with Gasteiger partial charge in [-0.25, -0.2) is 4.79 Å². The molecule has 0 bridgehead atoms. The first-order valence-electron chi connectivity index (χ1n) is 4.86. The zero-order valence-corrected chi connectivity index (χ0v) is 10.7. The third kappa shape index (κ3) is 4.28. The van der Waals surface area contributed by atoms with Gasteiger partial charge in [-0.15, -0.1) is 11.8 Å². The van der Waals surface area contributed by atoms with Gasteiger partial charge in [-0.2, -0.15) is 0 Å². The van der Waals surface area contributed by atoms with E-state index < -0.39 is 5.97 Å². The molecule has 4 nitrogen and oxygen atoms in total. The summed E-state index contributed by atoms with van der Waals surface area (Å²) in [6, 6.07) is 4.52. The Hall–Kier alpha value is -1.20. The number of rotatable bonds is 5. The van der Waals surface area contributed by atoms with Gasteiger partial charge in [0, 0.05) is 9.92 Å². The number of hydrogen-bond donors (Lipinski definition) is 1. The van der Waals surface area contributed by atoms with Crippen LogP contribution in [0.15, 0.2) is 23.1 Å². The molecule has 0 aliphatic rings. The molecule has 0 aromatic heterocycles. The summed E-state index contributed by atoms with van der Waals surface area (Å²) in [7, 11) is 0. The van der Waals surface area contributed by atoms with Gasteiger partial charge in [-0.05, 0) is 25.1 Å². The van der Waals surface area contributed by atoms with Gasteiger partial charge in [-0.1, -0.05) is 11.6 Å². The summed E-state index contributed by atoms with van der Waals surface area (Å²) in [5.41, 5.74) is 0.0896. The van der Waals surface area contributed by atoms with Crippen molar-refractivity contribution in [1.82, 2.24) is 0 Å². The normalized spacial score (nSPS) is 10.0. The SMILES string of the molecule is CCOC(=O)CSc1ccc(Cl)cc1C(=O)O. The topological polar surface area (TPSA) is 63.6 Å². The van der Waals surface area contributed by atoms with Crippen molar-refractivity contribution in [3.05, 3.63) is 28.8 Å². The third-order valence-electron chi connectivity index (χ3n) is 1.82. The van der Waals surface area contributed by atoms with Crippen LogP contribution in [0.2, 0.25) is 5.02 Å². The zero-order chi connectivity index (χ0) is 12.8. The van der Waals surface area contributed by atoms with E-state index in [0.717, 1.165) is 11.8 Å². The van der Waals surface area contributed by atoms with Crippen molar-refractivity contribution in [1.29, 1.82) is 0 Å². The van der Waals surface area contributed by atoms with E-state index in [1.807, 2.05) is 0 Å².